The van der Waals surface area contributed by atoms with Crippen LogP contribution in [0.15, 0.2) is 0 Å². The van der Waals surface area contributed by atoms with Gasteiger partial charge in [-0.25, -0.2) is 0 Å². The van der Waals surface area contributed by atoms with Crippen molar-refractivity contribution in [2.24, 2.45) is 0 Å². The van der Waals surface area contributed by atoms with Gasteiger partial charge in [0.05, 0.1) is 0 Å². The maximum absolute atomic E-state index is 0. The van der Waals surface area contributed by atoms with E-state index in [2.05, 4.69) is 0 Å². The van der Waals surface area contributed by atoms with Gasteiger partial charge in [0.15, 0.2) is 0 Å². The summed E-state index contributed by atoms with van der Waals surface area (Å²) >= 11 is 0. The molecule has 0 bridgehead atoms. The van der Waals surface area contributed by atoms with Gasteiger partial charge in [0.2, 0.25) is 0 Å². The molecule has 0 heterocycles. The molecule has 0 rings (SSSR count). The summed E-state index contributed by atoms with van der Waals surface area (Å²) in [4.78, 5) is 0. The molecule has 1 atom stereocenters. The third-order valence-corrected chi connectivity index (χ3v) is 0. The van der Waals surface area contributed by atoms with Crippen molar-refractivity contribution in [3.05, 3.63) is 7.43 Å². The van der Waals surface area contributed by atoms with Gasteiger partial charge in [-0.05, 0) is 0 Å². The minimum absolute atomic E-state index is 0. The Morgan fingerprint density at radius 1 is 1.00 bits per heavy atom. The molecule has 0 aromatic rings. The zero-order valence-corrected chi connectivity index (χ0v) is 7.35. The van der Waals surface area contributed by atoms with Gasteiger partial charge in [0, 0.05) is 48.1 Å². The fourth-order valence-electron chi connectivity index (χ4n) is 0. The van der Waals surface area contributed by atoms with Gasteiger partial charge in [0.1, 0.15) is 0 Å². The van der Waals surface area contributed by atoms with E-state index in [-0.39, 0.29) is 58.0 Å². The summed E-state index contributed by atoms with van der Waals surface area (Å²) < 4.78 is 0. The molecule has 0 amide bonds. The van der Waals surface area contributed by atoms with E-state index in [1.165, 1.54) is 0 Å². The molecule has 0 aromatic carbocycles. The Kier molecular flexibility index (Phi) is 234. The van der Waals surface area contributed by atoms with Crippen molar-refractivity contribution in [2.45, 2.75) is 0 Å². The molecule has 0 aliphatic heterocycles. The van der Waals surface area contributed by atoms with E-state index in [0.29, 0.717) is 0 Å². The van der Waals surface area contributed by atoms with Gasteiger partial charge in [-0.15, -0.1) is 0 Å². The number of hydrogen-bond donors (Lipinski definition) is 0. The predicted octanol–water partition coefficient (Wildman–Crippen LogP) is -0.244. The first-order valence-electron chi connectivity index (χ1n) is 0. The molecule has 0 saturated heterocycles. The molecule has 4 heavy (non-hydrogen) atoms. The van der Waals surface area contributed by atoms with Crippen molar-refractivity contribution in [2.75, 3.05) is 0 Å². The Bertz CT molecular complexity index is 8.00. The summed E-state index contributed by atoms with van der Waals surface area (Å²) in [5.41, 5.74) is 0. The van der Waals surface area contributed by atoms with Crippen LogP contribution in [-0.2, 0) is 16.8 Å². The van der Waals surface area contributed by atoms with Gasteiger partial charge in [-0.3, -0.25) is 0 Å². The van der Waals surface area contributed by atoms with E-state index in [0.717, 1.165) is 0 Å². The van der Waals surface area contributed by atoms with Gasteiger partial charge < -0.3 is 0 Å². The second-order valence-electron chi connectivity index (χ2n) is 0. The van der Waals surface area contributed by atoms with E-state index in [9.17, 15) is 0 Å². The summed E-state index contributed by atoms with van der Waals surface area (Å²) in [6.45, 7) is 0. The van der Waals surface area contributed by atoms with Crippen molar-refractivity contribution in [1.82, 2.24) is 0 Å². The molecule has 0 N–H and O–H groups in total. The molecule has 25 valence electrons. The fraction of sp³-hybridized carbons (Fsp3) is 0. The first-order chi connectivity index (χ1) is 0. The van der Waals surface area contributed by atoms with Crippen LogP contribution < -0.4 is 0 Å². The van der Waals surface area contributed by atoms with Crippen LogP contribution in [0, 0.1) is 7.43 Å². The molecule has 0 saturated carbocycles. The summed E-state index contributed by atoms with van der Waals surface area (Å²) in [5.74, 6) is 0. The topological polar surface area (TPSA) is 0 Å². The van der Waals surface area contributed by atoms with Gasteiger partial charge >= 0.3 is 0 Å². The molecule has 0 aliphatic carbocycles. The largest absolute Gasteiger partial charge is 0.153 e. The second kappa shape index (κ2) is 21.9. The van der Waals surface area contributed by atoms with E-state index >= 15 is 0 Å². The SMILES string of the molecule is P.[C].[Co].[Sn]. The average Bonchev–Trinajstić information content (AvgIpc) is 0. The summed E-state index contributed by atoms with van der Waals surface area (Å²) in [6.07, 6.45) is 0. The molecular formula is CH3CoPSn. The smallest absolute Gasteiger partial charge is 0 e. The van der Waals surface area contributed by atoms with E-state index in [4.69, 9.17) is 0 Å². The Morgan fingerprint density at radius 2 is 1.00 bits per heavy atom. The second-order valence-corrected chi connectivity index (χ2v) is 0. The summed E-state index contributed by atoms with van der Waals surface area (Å²) in [5, 5.41) is 0. The zero-order chi connectivity index (χ0) is 0. The van der Waals surface area contributed by atoms with Crippen LogP contribution in [0.3, 0.4) is 0 Å². The molecular weight excluding hydrogens is 221 g/mol. The maximum atomic E-state index is 0. The Labute approximate surface area is 57.9 Å². The van der Waals surface area contributed by atoms with Crippen LogP contribution in [-0.4, -0.2) is 23.9 Å². The first kappa shape index (κ1) is 42.7. The van der Waals surface area contributed by atoms with Gasteiger partial charge in [0.25, 0.3) is 0 Å². The normalized spacial score (nSPS) is 0. The molecule has 0 spiro atoms. The quantitative estimate of drug-likeness (QED) is 0.393. The molecule has 0 aromatic heterocycles. The van der Waals surface area contributed by atoms with E-state index in [1.54, 1.807) is 0 Å². The summed E-state index contributed by atoms with van der Waals surface area (Å²) in [6, 6.07) is 0. The number of hydrogen-bond acceptors (Lipinski definition) is 0. The molecule has 9 radical (unpaired) electrons. The van der Waals surface area contributed by atoms with Crippen LogP contribution in [0.25, 0.3) is 0 Å². The fourth-order valence-corrected chi connectivity index (χ4v) is 0. The molecule has 0 nitrogen and oxygen atoms in total. The Hall–Kier alpha value is 1.74. The average molecular weight is 224 g/mol. The predicted molar refractivity (Wildman–Crippen MR) is 20.1 cm³/mol. The molecule has 0 fully saturated rings. The summed E-state index contributed by atoms with van der Waals surface area (Å²) in [7, 11) is 0. The van der Waals surface area contributed by atoms with Crippen LogP contribution in [0.4, 0.5) is 0 Å². The van der Waals surface area contributed by atoms with Gasteiger partial charge in [-0.1, -0.05) is 0 Å². The minimum atomic E-state index is 0. The monoisotopic (exact) mass is 225 g/mol. The van der Waals surface area contributed by atoms with Crippen LogP contribution in [0.2, 0.25) is 0 Å². The molecule has 3 heteroatoms. The third kappa shape index (κ3) is 9.28. The first-order valence-corrected chi connectivity index (χ1v) is 0. The van der Waals surface area contributed by atoms with Crippen molar-refractivity contribution in [1.29, 1.82) is 0 Å². The van der Waals surface area contributed by atoms with Crippen LogP contribution >= 0.6 is 9.90 Å². The zero-order valence-electron chi connectivity index (χ0n) is 2.04. The van der Waals surface area contributed by atoms with Crippen molar-refractivity contribution in [3.8, 4) is 0 Å². The standard InChI is InChI=1S/C.Co.H3P.Sn/h;;1H3;. The third-order valence-electron chi connectivity index (χ3n) is 0. The molecule has 1 unspecified atom stereocenters. The molecule has 0 aliphatic rings. The van der Waals surface area contributed by atoms with E-state index in [1.807, 2.05) is 0 Å². The van der Waals surface area contributed by atoms with Crippen molar-refractivity contribution in [3.63, 3.8) is 0 Å². The van der Waals surface area contributed by atoms with Crippen molar-refractivity contribution < 1.29 is 16.8 Å². The Balaban J connectivity index is 0. The van der Waals surface area contributed by atoms with Gasteiger partial charge in [-0.2, -0.15) is 9.90 Å². The van der Waals surface area contributed by atoms with Crippen molar-refractivity contribution >= 4 is 33.8 Å². The minimum Gasteiger partial charge on any atom is -0.153 e. The van der Waals surface area contributed by atoms with E-state index < -0.39 is 0 Å². The van der Waals surface area contributed by atoms with Crippen LogP contribution in [0.5, 0.6) is 0 Å². The maximum Gasteiger partial charge on any atom is 0 e. The Morgan fingerprint density at radius 3 is 1.00 bits per heavy atom. The number of rotatable bonds is 0. The van der Waals surface area contributed by atoms with Crippen LogP contribution in [0.1, 0.15) is 0 Å².